The molecule has 0 unspecified atom stereocenters. The highest BCUT2D eigenvalue weighted by molar-refractivity contribution is 7.92. The summed E-state index contributed by atoms with van der Waals surface area (Å²) in [5.74, 6) is 0.624. The highest BCUT2D eigenvalue weighted by Gasteiger charge is 2.12. The number of carbonyl (C=O) groups excluding carboxylic acids is 1. The van der Waals surface area contributed by atoms with Gasteiger partial charge in [0.25, 0.3) is 5.91 Å². The second kappa shape index (κ2) is 7.35. The smallest absolute Gasteiger partial charge is 0.253 e. The van der Waals surface area contributed by atoms with Gasteiger partial charge in [-0.15, -0.1) is 0 Å². The molecule has 0 aliphatic heterocycles. The predicted octanol–water partition coefficient (Wildman–Crippen LogP) is 2.34. The van der Waals surface area contributed by atoms with E-state index in [0.717, 1.165) is 17.6 Å². The molecule has 0 saturated heterocycles. The summed E-state index contributed by atoms with van der Waals surface area (Å²) in [6, 6.07) is 13.8. The lowest BCUT2D eigenvalue weighted by molar-refractivity contribution is 0.0785. The van der Waals surface area contributed by atoms with Crippen LogP contribution in [0.25, 0.3) is 0 Å². The Balaban J connectivity index is 2.04. The number of sulfonamides is 1. The van der Waals surface area contributed by atoms with Crippen LogP contribution in [-0.2, 0) is 16.6 Å². The number of hydrogen-bond acceptors (Lipinski definition) is 4. The van der Waals surface area contributed by atoms with E-state index >= 15 is 0 Å². The first-order valence-electron chi connectivity index (χ1n) is 7.25. The van der Waals surface area contributed by atoms with Crippen LogP contribution in [0.1, 0.15) is 15.9 Å². The molecule has 0 aromatic heterocycles. The van der Waals surface area contributed by atoms with Gasteiger partial charge in [-0.3, -0.25) is 9.52 Å². The van der Waals surface area contributed by atoms with Crippen LogP contribution in [-0.4, -0.2) is 39.6 Å². The van der Waals surface area contributed by atoms with Crippen LogP contribution < -0.4 is 9.46 Å². The molecule has 0 aliphatic rings. The van der Waals surface area contributed by atoms with E-state index in [1.165, 1.54) is 0 Å². The molecule has 1 N–H and O–H groups in total. The standard InChI is InChI=1S/C17H20N2O4S/c1-19(12-13-4-10-16(23-2)11-5-13)17(20)14-6-8-15(9-7-14)18-24(3,21)22/h4-11,18H,12H2,1-3H3. The van der Waals surface area contributed by atoms with E-state index in [1.807, 2.05) is 24.3 Å². The molecule has 0 spiro atoms. The van der Waals surface area contributed by atoms with Crippen molar-refractivity contribution in [1.29, 1.82) is 0 Å². The molecule has 7 heteroatoms. The molecule has 0 fully saturated rings. The third kappa shape index (κ3) is 4.99. The van der Waals surface area contributed by atoms with E-state index in [2.05, 4.69) is 4.72 Å². The monoisotopic (exact) mass is 348 g/mol. The van der Waals surface area contributed by atoms with Gasteiger partial charge in [0.2, 0.25) is 10.0 Å². The summed E-state index contributed by atoms with van der Waals surface area (Å²) >= 11 is 0. The predicted molar refractivity (Wildman–Crippen MR) is 93.7 cm³/mol. The van der Waals surface area contributed by atoms with Gasteiger partial charge in [-0.2, -0.15) is 0 Å². The Labute approximate surface area is 142 Å². The third-order valence-corrected chi connectivity index (χ3v) is 3.97. The largest absolute Gasteiger partial charge is 0.497 e. The number of nitrogens with zero attached hydrogens (tertiary/aromatic N) is 1. The van der Waals surface area contributed by atoms with Crippen molar-refractivity contribution in [1.82, 2.24) is 4.90 Å². The fraction of sp³-hybridized carbons (Fsp3) is 0.235. The Morgan fingerprint density at radius 3 is 2.17 bits per heavy atom. The van der Waals surface area contributed by atoms with E-state index in [-0.39, 0.29) is 5.91 Å². The van der Waals surface area contributed by atoms with Gasteiger partial charge in [-0.05, 0) is 42.0 Å². The normalized spacial score (nSPS) is 11.0. The van der Waals surface area contributed by atoms with Crippen molar-refractivity contribution in [2.45, 2.75) is 6.54 Å². The maximum absolute atomic E-state index is 12.4. The Kier molecular flexibility index (Phi) is 5.46. The zero-order valence-electron chi connectivity index (χ0n) is 13.8. The average Bonchev–Trinajstić information content (AvgIpc) is 2.54. The van der Waals surface area contributed by atoms with Crippen LogP contribution in [0.15, 0.2) is 48.5 Å². The number of nitrogens with one attached hydrogen (secondary N) is 1. The molecule has 128 valence electrons. The topological polar surface area (TPSA) is 75.7 Å². The van der Waals surface area contributed by atoms with Gasteiger partial charge in [-0.25, -0.2) is 8.42 Å². The molecule has 24 heavy (non-hydrogen) atoms. The number of ether oxygens (including phenoxy) is 1. The summed E-state index contributed by atoms with van der Waals surface area (Å²) in [6.45, 7) is 0.464. The van der Waals surface area contributed by atoms with E-state index in [1.54, 1.807) is 43.3 Å². The number of amides is 1. The summed E-state index contributed by atoms with van der Waals surface area (Å²) in [4.78, 5) is 14.0. The summed E-state index contributed by atoms with van der Waals surface area (Å²) in [7, 11) is -0.00705. The fourth-order valence-electron chi connectivity index (χ4n) is 2.19. The van der Waals surface area contributed by atoms with Gasteiger partial charge in [0.1, 0.15) is 5.75 Å². The van der Waals surface area contributed by atoms with Gasteiger partial charge in [0.15, 0.2) is 0 Å². The van der Waals surface area contributed by atoms with Crippen LogP contribution in [0.3, 0.4) is 0 Å². The van der Waals surface area contributed by atoms with Crippen molar-refractivity contribution < 1.29 is 17.9 Å². The minimum Gasteiger partial charge on any atom is -0.497 e. The zero-order valence-corrected chi connectivity index (χ0v) is 14.6. The van der Waals surface area contributed by atoms with Crippen molar-refractivity contribution in [2.24, 2.45) is 0 Å². The molecule has 0 aliphatic carbocycles. The van der Waals surface area contributed by atoms with Crippen molar-refractivity contribution in [3.05, 3.63) is 59.7 Å². The Hall–Kier alpha value is -2.54. The van der Waals surface area contributed by atoms with Crippen LogP contribution in [0, 0.1) is 0 Å². The van der Waals surface area contributed by atoms with E-state index in [0.29, 0.717) is 17.8 Å². The SMILES string of the molecule is COc1ccc(CN(C)C(=O)c2ccc(NS(C)(=O)=O)cc2)cc1. The first-order valence-corrected chi connectivity index (χ1v) is 9.14. The van der Waals surface area contributed by atoms with Crippen molar-refractivity contribution in [3.63, 3.8) is 0 Å². The molecule has 0 atom stereocenters. The quantitative estimate of drug-likeness (QED) is 0.869. The summed E-state index contributed by atoms with van der Waals surface area (Å²) in [5, 5.41) is 0. The van der Waals surface area contributed by atoms with Gasteiger partial charge in [0.05, 0.1) is 13.4 Å². The highest BCUT2D eigenvalue weighted by Crippen LogP contribution is 2.15. The lowest BCUT2D eigenvalue weighted by atomic mass is 10.1. The Bertz CT molecular complexity index is 799. The summed E-state index contributed by atoms with van der Waals surface area (Å²) in [6.07, 6.45) is 1.08. The highest BCUT2D eigenvalue weighted by atomic mass is 32.2. The number of rotatable bonds is 6. The molecule has 0 saturated carbocycles. The molecule has 6 nitrogen and oxygen atoms in total. The first-order chi connectivity index (χ1) is 11.3. The Morgan fingerprint density at radius 1 is 1.08 bits per heavy atom. The number of carbonyl (C=O) groups is 1. The van der Waals surface area contributed by atoms with Gasteiger partial charge in [0, 0.05) is 24.8 Å². The summed E-state index contributed by atoms with van der Waals surface area (Å²) in [5.41, 5.74) is 1.90. The van der Waals surface area contributed by atoms with Gasteiger partial charge >= 0.3 is 0 Å². The Morgan fingerprint density at radius 2 is 1.67 bits per heavy atom. The van der Waals surface area contributed by atoms with Crippen molar-refractivity contribution >= 4 is 21.6 Å². The van der Waals surface area contributed by atoms with Gasteiger partial charge < -0.3 is 9.64 Å². The van der Waals surface area contributed by atoms with Crippen LogP contribution in [0.5, 0.6) is 5.75 Å². The second-order valence-corrected chi connectivity index (χ2v) is 7.21. The van der Waals surface area contributed by atoms with Gasteiger partial charge in [-0.1, -0.05) is 12.1 Å². The lowest BCUT2D eigenvalue weighted by Gasteiger charge is -2.18. The van der Waals surface area contributed by atoms with Crippen LogP contribution in [0.4, 0.5) is 5.69 Å². The number of benzene rings is 2. The minimum absolute atomic E-state index is 0.142. The first kappa shape index (κ1) is 17.8. The maximum atomic E-state index is 12.4. The number of hydrogen-bond donors (Lipinski definition) is 1. The van der Waals surface area contributed by atoms with Crippen molar-refractivity contribution in [3.8, 4) is 5.75 Å². The zero-order chi connectivity index (χ0) is 17.7. The molecule has 2 rings (SSSR count). The lowest BCUT2D eigenvalue weighted by Crippen LogP contribution is -2.26. The van der Waals surface area contributed by atoms with E-state index in [9.17, 15) is 13.2 Å². The second-order valence-electron chi connectivity index (χ2n) is 5.46. The van der Waals surface area contributed by atoms with E-state index in [4.69, 9.17) is 4.74 Å². The van der Waals surface area contributed by atoms with Crippen molar-refractivity contribution in [2.75, 3.05) is 25.1 Å². The fourth-order valence-corrected chi connectivity index (χ4v) is 2.76. The summed E-state index contributed by atoms with van der Waals surface area (Å²) < 4.78 is 29.8. The molecule has 0 heterocycles. The van der Waals surface area contributed by atoms with E-state index < -0.39 is 10.0 Å². The van der Waals surface area contributed by atoms with Crippen LogP contribution >= 0.6 is 0 Å². The molecule has 0 radical (unpaired) electrons. The average molecular weight is 348 g/mol. The molecule has 2 aromatic rings. The molecular weight excluding hydrogens is 328 g/mol. The molecule has 2 aromatic carbocycles. The number of anilines is 1. The van der Waals surface area contributed by atoms with Crippen LogP contribution in [0.2, 0.25) is 0 Å². The molecule has 0 bridgehead atoms. The minimum atomic E-state index is -3.33. The molecular formula is C17H20N2O4S. The third-order valence-electron chi connectivity index (χ3n) is 3.36. The maximum Gasteiger partial charge on any atom is 0.253 e. The molecule has 1 amide bonds. The number of methoxy groups -OCH3 is 1.